The van der Waals surface area contributed by atoms with Gasteiger partial charge in [-0.05, 0) is 37.3 Å². The molecule has 0 aromatic heterocycles. The standard InChI is InChI=1S/C16H24N2S/c1-13-11-19-10-9-18(13)16(12-17)8-4-6-14-5-2-3-7-15(14)16/h2-3,5,7,13H,4,6,8-12,17H2,1H3. The first-order chi connectivity index (χ1) is 9.28. The molecule has 3 rings (SSSR count). The number of fused-ring (bicyclic) bond motifs is 1. The van der Waals surface area contributed by atoms with Gasteiger partial charge in [0.15, 0.2) is 0 Å². The predicted octanol–water partition coefficient (Wildman–Crippen LogP) is 2.61. The first-order valence-electron chi connectivity index (χ1n) is 7.41. The van der Waals surface area contributed by atoms with Gasteiger partial charge in [0, 0.05) is 30.6 Å². The summed E-state index contributed by atoms with van der Waals surface area (Å²) >= 11 is 2.08. The molecule has 0 amide bonds. The number of rotatable bonds is 2. The van der Waals surface area contributed by atoms with E-state index in [1.54, 1.807) is 0 Å². The SMILES string of the molecule is CC1CSCCN1C1(CN)CCCc2ccccc21. The number of nitrogens with two attached hydrogens (primary N) is 1. The molecule has 104 valence electrons. The molecule has 0 bridgehead atoms. The average molecular weight is 276 g/mol. The van der Waals surface area contributed by atoms with Crippen molar-refractivity contribution in [2.24, 2.45) is 5.73 Å². The topological polar surface area (TPSA) is 29.3 Å². The lowest BCUT2D eigenvalue weighted by atomic mass is 9.74. The maximum atomic E-state index is 6.30. The quantitative estimate of drug-likeness (QED) is 0.900. The normalized spacial score (nSPS) is 32.0. The highest BCUT2D eigenvalue weighted by Crippen LogP contribution is 2.42. The zero-order valence-corrected chi connectivity index (χ0v) is 12.6. The van der Waals surface area contributed by atoms with E-state index >= 15 is 0 Å². The second-order valence-corrected chi connectivity index (χ2v) is 7.01. The van der Waals surface area contributed by atoms with Crippen molar-refractivity contribution in [2.45, 2.75) is 37.8 Å². The molecule has 1 aromatic rings. The fraction of sp³-hybridized carbons (Fsp3) is 0.625. The largest absolute Gasteiger partial charge is 0.328 e. The molecule has 2 unspecified atom stereocenters. The van der Waals surface area contributed by atoms with E-state index in [0.717, 1.165) is 6.54 Å². The van der Waals surface area contributed by atoms with Crippen molar-refractivity contribution >= 4 is 11.8 Å². The molecule has 0 saturated carbocycles. The zero-order chi connectivity index (χ0) is 13.3. The number of benzene rings is 1. The van der Waals surface area contributed by atoms with Crippen LogP contribution in [0.2, 0.25) is 0 Å². The van der Waals surface area contributed by atoms with Crippen LogP contribution in [0, 0.1) is 0 Å². The van der Waals surface area contributed by atoms with Crippen molar-refractivity contribution in [1.29, 1.82) is 0 Å². The third kappa shape index (κ3) is 2.22. The molecule has 3 heteroatoms. The van der Waals surface area contributed by atoms with Crippen LogP contribution in [0.4, 0.5) is 0 Å². The number of nitrogens with zero attached hydrogens (tertiary/aromatic N) is 1. The lowest BCUT2D eigenvalue weighted by molar-refractivity contribution is 0.0488. The van der Waals surface area contributed by atoms with Crippen LogP contribution in [-0.4, -0.2) is 35.5 Å². The Hall–Kier alpha value is -0.510. The Bertz CT molecular complexity index is 448. The molecule has 1 heterocycles. The van der Waals surface area contributed by atoms with Gasteiger partial charge in [0.2, 0.25) is 0 Å². The van der Waals surface area contributed by atoms with Crippen molar-refractivity contribution in [3.63, 3.8) is 0 Å². The summed E-state index contributed by atoms with van der Waals surface area (Å²) in [7, 11) is 0. The highest BCUT2D eigenvalue weighted by molar-refractivity contribution is 7.99. The Labute approximate surface area is 120 Å². The summed E-state index contributed by atoms with van der Waals surface area (Å²) in [6, 6.07) is 9.59. The summed E-state index contributed by atoms with van der Waals surface area (Å²) in [5.74, 6) is 2.48. The summed E-state index contributed by atoms with van der Waals surface area (Å²) in [6.45, 7) is 4.29. The Morgan fingerprint density at radius 1 is 1.42 bits per heavy atom. The van der Waals surface area contributed by atoms with E-state index in [2.05, 4.69) is 47.9 Å². The summed E-state index contributed by atoms with van der Waals surface area (Å²) in [5.41, 5.74) is 9.41. The summed E-state index contributed by atoms with van der Waals surface area (Å²) in [6.07, 6.45) is 3.70. The smallest absolute Gasteiger partial charge is 0.0589 e. The Balaban J connectivity index is 2.04. The van der Waals surface area contributed by atoms with Gasteiger partial charge >= 0.3 is 0 Å². The molecule has 19 heavy (non-hydrogen) atoms. The van der Waals surface area contributed by atoms with Gasteiger partial charge in [-0.1, -0.05) is 24.3 Å². The Morgan fingerprint density at radius 3 is 3.05 bits per heavy atom. The van der Waals surface area contributed by atoms with Crippen molar-refractivity contribution in [1.82, 2.24) is 4.90 Å². The van der Waals surface area contributed by atoms with Gasteiger partial charge in [-0.2, -0.15) is 11.8 Å². The third-order valence-electron chi connectivity index (χ3n) is 4.81. The van der Waals surface area contributed by atoms with E-state index in [-0.39, 0.29) is 5.54 Å². The molecule has 1 fully saturated rings. The molecule has 2 atom stereocenters. The molecular formula is C16H24N2S. The minimum atomic E-state index is 0.0925. The van der Waals surface area contributed by atoms with Crippen molar-refractivity contribution in [2.75, 3.05) is 24.6 Å². The number of hydrogen-bond donors (Lipinski definition) is 1. The van der Waals surface area contributed by atoms with E-state index in [1.807, 2.05) is 0 Å². The minimum Gasteiger partial charge on any atom is -0.328 e. The molecule has 2 aliphatic rings. The van der Waals surface area contributed by atoms with E-state index in [9.17, 15) is 0 Å². The number of aryl methyl sites for hydroxylation is 1. The number of thioether (sulfide) groups is 1. The molecule has 0 radical (unpaired) electrons. The Kier molecular flexibility index (Phi) is 3.88. The molecular weight excluding hydrogens is 252 g/mol. The van der Waals surface area contributed by atoms with Crippen LogP contribution in [0.25, 0.3) is 0 Å². The van der Waals surface area contributed by atoms with Crippen LogP contribution in [0.5, 0.6) is 0 Å². The van der Waals surface area contributed by atoms with E-state index < -0.39 is 0 Å². The van der Waals surface area contributed by atoms with Crippen LogP contribution >= 0.6 is 11.8 Å². The lowest BCUT2D eigenvalue weighted by Gasteiger charge is -2.51. The number of hydrogen-bond acceptors (Lipinski definition) is 3. The Morgan fingerprint density at radius 2 is 2.26 bits per heavy atom. The second-order valence-electron chi connectivity index (χ2n) is 5.86. The molecule has 0 spiro atoms. The first-order valence-corrected chi connectivity index (χ1v) is 8.56. The van der Waals surface area contributed by atoms with E-state index in [1.165, 1.54) is 48.4 Å². The molecule has 2 N–H and O–H groups in total. The van der Waals surface area contributed by atoms with Gasteiger partial charge in [0.25, 0.3) is 0 Å². The van der Waals surface area contributed by atoms with E-state index in [0.29, 0.717) is 6.04 Å². The van der Waals surface area contributed by atoms with Crippen LogP contribution in [0.15, 0.2) is 24.3 Å². The fourth-order valence-electron chi connectivity index (χ4n) is 3.89. The van der Waals surface area contributed by atoms with Gasteiger partial charge < -0.3 is 5.73 Å². The molecule has 1 saturated heterocycles. The van der Waals surface area contributed by atoms with Crippen molar-refractivity contribution < 1.29 is 0 Å². The monoisotopic (exact) mass is 276 g/mol. The first kappa shape index (κ1) is 13.5. The average Bonchev–Trinajstić information content (AvgIpc) is 2.47. The van der Waals surface area contributed by atoms with Gasteiger partial charge in [-0.3, -0.25) is 4.90 Å². The van der Waals surface area contributed by atoms with Gasteiger partial charge in [0.05, 0.1) is 5.54 Å². The zero-order valence-electron chi connectivity index (χ0n) is 11.8. The summed E-state index contributed by atoms with van der Waals surface area (Å²) in [4.78, 5) is 2.70. The highest BCUT2D eigenvalue weighted by Gasteiger charge is 2.43. The van der Waals surface area contributed by atoms with Crippen LogP contribution < -0.4 is 5.73 Å². The molecule has 1 aliphatic heterocycles. The van der Waals surface area contributed by atoms with Crippen LogP contribution in [-0.2, 0) is 12.0 Å². The predicted molar refractivity (Wildman–Crippen MR) is 83.6 cm³/mol. The minimum absolute atomic E-state index is 0.0925. The van der Waals surface area contributed by atoms with E-state index in [4.69, 9.17) is 5.73 Å². The van der Waals surface area contributed by atoms with Gasteiger partial charge in [0.1, 0.15) is 0 Å². The van der Waals surface area contributed by atoms with Crippen LogP contribution in [0.3, 0.4) is 0 Å². The van der Waals surface area contributed by atoms with Gasteiger partial charge in [-0.25, -0.2) is 0 Å². The summed E-state index contributed by atoms with van der Waals surface area (Å²) in [5, 5.41) is 0. The molecule has 1 aliphatic carbocycles. The highest BCUT2D eigenvalue weighted by atomic mass is 32.2. The van der Waals surface area contributed by atoms with Crippen LogP contribution in [0.1, 0.15) is 30.9 Å². The van der Waals surface area contributed by atoms with Crippen molar-refractivity contribution in [3.8, 4) is 0 Å². The maximum Gasteiger partial charge on any atom is 0.0589 e. The summed E-state index contributed by atoms with van der Waals surface area (Å²) < 4.78 is 0. The van der Waals surface area contributed by atoms with Crippen molar-refractivity contribution in [3.05, 3.63) is 35.4 Å². The lowest BCUT2D eigenvalue weighted by Crippen LogP contribution is -2.58. The second kappa shape index (κ2) is 5.47. The molecule has 2 nitrogen and oxygen atoms in total. The fourth-order valence-corrected chi connectivity index (χ4v) is 4.90. The third-order valence-corrected chi connectivity index (χ3v) is 6.00. The van der Waals surface area contributed by atoms with Gasteiger partial charge in [-0.15, -0.1) is 0 Å². The maximum absolute atomic E-state index is 6.30. The molecule has 1 aromatic carbocycles.